The zero-order chi connectivity index (χ0) is 12.3. The zero-order valence-corrected chi connectivity index (χ0v) is 9.76. The van der Waals surface area contributed by atoms with Crippen LogP contribution in [0.1, 0.15) is 13.8 Å². The van der Waals surface area contributed by atoms with Crippen molar-refractivity contribution in [3.05, 3.63) is 11.6 Å². The number of rotatable bonds is 5. The van der Waals surface area contributed by atoms with Crippen molar-refractivity contribution in [2.24, 2.45) is 0 Å². The number of allylic oxidation sites excluding steroid dienone is 1. The first-order valence-electron chi connectivity index (χ1n) is 3.66. The van der Waals surface area contributed by atoms with Gasteiger partial charge in [0.25, 0.3) is 0 Å². The number of hydrogen-bond donors (Lipinski definition) is 4. The molecule has 15 heavy (non-hydrogen) atoms. The maximum atomic E-state index is 10.9. The van der Waals surface area contributed by atoms with Crippen LogP contribution in [0, 0.1) is 0 Å². The molecule has 0 saturated heterocycles. The van der Waals surface area contributed by atoms with E-state index in [2.05, 4.69) is 8.83 Å². The topological polar surface area (TPSA) is 134 Å². The summed E-state index contributed by atoms with van der Waals surface area (Å²) in [4.78, 5) is 25.3. The lowest BCUT2D eigenvalue weighted by Crippen LogP contribution is -2.12. The van der Waals surface area contributed by atoms with Crippen molar-refractivity contribution in [3.8, 4) is 0 Å². The van der Waals surface area contributed by atoms with Crippen molar-refractivity contribution in [2.45, 2.75) is 20.1 Å². The molecule has 10 heteroatoms. The molecule has 2 unspecified atom stereocenters. The number of phosphoric acid groups is 2. The minimum Gasteiger partial charge on any atom is -0.364 e. The predicted molar refractivity (Wildman–Crippen MR) is 49.5 cm³/mol. The van der Waals surface area contributed by atoms with Gasteiger partial charge in [0.2, 0.25) is 0 Å². The number of aliphatic hydroxyl groups is 1. The minimum atomic E-state index is -5.15. The lowest BCUT2D eigenvalue weighted by atomic mass is 10.3. The average Bonchev–Trinajstić information content (AvgIpc) is 1.96. The maximum absolute atomic E-state index is 10.9. The van der Waals surface area contributed by atoms with Gasteiger partial charge in [0, 0.05) is 0 Å². The third kappa shape index (κ3) is 6.94. The summed E-state index contributed by atoms with van der Waals surface area (Å²) < 4.78 is 28.6. The standard InChI is InChI=1S/C5H12O8P2/c1-3-4(2)5(6)12-15(10,11)13-14(7,8)9/h3,5-6H,1-2H3,(H,10,11)(H2,7,8,9)/b4-3+. The molecule has 90 valence electrons. The normalized spacial score (nSPS) is 19.7. The summed E-state index contributed by atoms with van der Waals surface area (Å²) in [5, 5.41) is 9.09. The third-order valence-electron chi connectivity index (χ3n) is 1.29. The van der Waals surface area contributed by atoms with Gasteiger partial charge in [-0.1, -0.05) is 6.08 Å². The number of hydrogen-bond acceptors (Lipinski definition) is 5. The molecule has 0 aliphatic rings. The van der Waals surface area contributed by atoms with E-state index >= 15 is 0 Å². The van der Waals surface area contributed by atoms with Gasteiger partial charge in [-0.25, -0.2) is 9.13 Å². The summed E-state index contributed by atoms with van der Waals surface area (Å²) in [5.41, 5.74) is 0.193. The predicted octanol–water partition coefficient (Wildman–Crippen LogP) is 0.497. The third-order valence-corrected chi connectivity index (χ3v) is 3.43. The molecule has 0 aromatic rings. The minimum absolute atomic E-state index is 0.193. The molecular weight excluding hydrogens is 250 g/mol. The molecular formula is C5H12O8P2. The first-order chi connectivity index (χ1) is 6.57. The fraction of sp³-hybridized carbons (Fsp3) is 0.600. The van der Waals surface area contributed by atoms with Crippen molar-refractivity contribution < 1.29 is 37.8 Å². The van der Waals surface area contributed by atoms with Crippen LogP contribution >= 0.6 is 15.6 Å². The summed E-state index contributed by atoms with van der Waals surface area (Å²) in [5.74, 6) is 0. The summed E-state index contributed by atoms with van der Waals surface area (Å²) in [6.45, 7) is 2.93. The molecule has 0 spiro atoms. The molecule has 0 fully saturated rings. The molecule has 0 aliphatic heterocycles. The van der Waals surface area contributed by atoms with Crippen molar-refractivity contribution >= 4 is 15.6 Å². The second-order valence-electron chi connectivity index (χ2n) is 2.53. The Bertz CT molecular complexity index is 330. The SMILES string of the molecule is C/C=C(\C)C(O)OP(=O)(O)OP(=O)(O)O. The van der Waals surface area contributed by atoms with Crippen LogP contribution in [0.25, 0.3) is 0 Å². The molecule has 0 heterocycles. The van der Waals surface area contributed by atoms with Crippen molar-refractivity contribution in [1.82, 2.24) is 0 Å². The highest BCUT2D eigenvalue weighted by atomic mass is 31.3. The Hall–Kier alpha value is -0.0400. The molecule has 0 aliphatic carbocycles. The van der Waals surface area contributed by atoms with Crippen LogP contribution in [0.2, 0.25) is 0 Å². The van der Waals surface area contributed by atoms with Gasteiger partial charge < -0.3 is 19.8 Å². The maximum Gasteiger partial charge on any atom is 0.483 e. The van der Waals surface area contributed by atoms with E-state index in [1.165, 1.54) is 19.9 Å². The lowest BCUT2D eigenvalue weighted by molar-refractivity contribution is -0.00724. The fourth-order valence-electron chi connectivity index (χ4n) is 0.506. The van der Waals surface area contributed by atoms with Crippen LogP contribution < -0.4 is 0 Å². The van der Waals surface area contributed by atoms with Crippen LogP contribution in [0.3, 0.4) is 0 Å². The smallest absolute Gasteiger partial charge is 0.364 e. The second-order valence-corrected chi connectivity index (χ2v) is 5.31. The largest absolute Gasteiger partial charge is 0.483 e. The lowest BCUT2D eigenvalue weighted by Gasteiger charge is -2.16. The van der Waals surface area contributed by atoms with Crippen LogP contribution in [0.15, 0.2) is 11.6 Å². The summed E-state index contributed by atoms with van der Waals surface area (Å²) >= 11 is 0. The van der Waals surface area contributed by atoms with Gasteiger partial charge >= 0.3 is 15.6 Å². The molecule has 0 bridgehead atoms. The second kappa shape index (κ2) is 5.34. The molecule has 0 saturated carbocycles. The highest BCUT2D eigenvalue weighted by Crippen LogP contribution is 2.58. The van der Waals surface area contributed by atoms with E-state index in [4.69, 9.17) is 19.8 Å². The average molecular weight is 262 g/mol. The number of aliphatic hydroxyl groups excluding tert-OH is 1. The van der Waals surface area contributed by atoms with Gasteiger partial charge in [-0.2, -0.15) is 4.31 Å². The van der Waals surface area contributed by atoms with Crippen LogP contribution in [-0.2, 0) is 18.0 Å². The Morgan fingerprint density at radius 3 is 2.13 bits per heavy atom. The first-order valence-corrected chi connectivity index (χ1v) is 6.69. The molecule has 0 radical (unpaired) electrons. The van der Waals surface area contributed by atoms with Crippen LogP contribution in [-0.4, -0.2) is 26.1 Å². The summed E-state index contributed by atoms with van der Waals surface area (Å²) in [7, 11) is -10.1. The van der Waals surface area contributed by atoms with E-state index in [1.807, 2.05) is 0 Å². The summed E-state index contributed by atoms with van der Waals surface area (Å²) in [6, 6.07) is 0. The molecule has 8 nitrogen and oxygen atoms in total. The molecule has 4 N–H and O–H groups in total. The highest BCUT2D eigenvalue weighted by molar-refractivity contribution is 7.60. The van der Waals surface area contributed by atoms with E-state index < -0.39 is 21.9 Å². The van der Waals surface area contributed by atoms with Crippen LogP contribution in [0.4, 0.5) is 0 Å². The van der Waals surface area contributed by atoms with E-state index in [-0.39, 0.29) is 5.57 Å². The molecule has 2 atom stereocenters. The van der Waals surface area contributed by atoms with Gasteiger partial charge in [0.05, 0.1) is 0 Å². The molecule has 0 rings (SSSR count). The Labute approximate surface area is 86.0 Å². The van der Waals surface area contributed by atoms with Crippen molar-refractivity contribution in [2.75, 3.05) is 0 Å². The Kier molecular flexibility index (Phi) is 5.32. The molecule has 0 amide bonds. The van der Waals surface area contributed by atoms with Gasteiger partial charge in [-0.3, -0.25) is 4.52 Å². The Morgan fingerprint density at radius 2 is 1.80 bits per heavy atom. The van der Waals surface area contributed by atoms with Crippen molar-refractivity contribution in [3.63, 3.8) is 0 Å². The van der Waals surface area contributed by atoms with Crippen LogP contribution in [0.5, 0.6) is 0 Å². The summed E-state index contributed by atoms with van der Waals surface area (Å²) in [6.07, 6.45) is -0.375. The van der Waals surface area contributed by atoms with E-state index in [9.17, 15) is 9.13 Å². The molecule has 0 aromatic carbocycles. The number of phosphoric ester groups is 1. The van der Waals surface area contributed by atoms with E-state index in [0.717, 1.165) is 0 Å². The quantitative estimate of drug-likeness (QED) is 0.319. The van der Waals surface area contributed by atoms with E-state index in [0.29, 0.717) is 0 Å². The first kappa shape index (κ1) is 15.0. The van der Waals surface area contributed by atoms with Crippen molar-refractivity contribution in [1.29, 1.82) is 0 Å². The Balaban J connectivity index is 4.53. The van der Waals surface area contributed by atoms with Gasteiger partial charge in [-0.05, 0) is 19.4 Å². The van der Waals surface area contributed by atoms with Gasteiger partial charge in [0.15, 0.2) is 6.29 Å². The highest BCUT2D eigenvalue weighted by Gasteiger charge is 2.34. The van der Waals surface area contributed by atoms with E-state index in [1.54, 1.807) is 0 Å². The van der Waals surface area contributed by atoms with Gasteiger partial charge in [-0.15, -0.1) is 0 Å². The fourth-order valence-corrected chi connectivity index (χ4v) is 2.15. The monoisotopic (exact) mass is 262 g/mol. The molecule has 0 aromatic heterocycles. The Morgan fingerprint density at radius 1 is 1.33 bits per heavy atom. The van der Waals surface area contributed by atoms with Gasteiger partial charge in [0.1, 0.15) is 0 Å². The zero-order valence-electron chi connectivity index (χ0n) is 7.97.